The Labute approximate surface area is 186 Å². The second-order valence-corrected chi connectivity index (χ2v) is 8.34. The number of anilines is 1. The summed E-state index contributed by atoms with van der Waals surface area (Å²) in [6.45, 7) is 0.474. The molecule has 1 saturated heterocycles. The first-order chi connectivity index (χ1) is 15.0. The number of amides is 2. The van der Waals surface area contributed by atoms with Gasteiger partial charge in [-0.2, -0.15) is 0 Å². The van der Waals surface area contributed by atoms with Crippen LogP contribution < -0.4 is 10.1 Å². The van der Waals surface area contributed by atoms with Gasteiger partial charge in [-0.15, -0.1) is 10.2 Å². The van der Waals surface area contributed by atoms with Crippen molar-refractivity contribution in [2.75, 3.05) is 18.5 Å². The van der Waals surface area contributed by atoms with Crippen molar-refractivity contribution in [2.45, 2.75) is 18.9 Å². The third-order valence-corrected chi connectivity index (χ3v) is 6.03. The number of carbonyl (C=O) groups excluding carboxylic acids is 2. The molecule has 1 aliphatic rings. The molecule has 4 rings (SSSR count). The standard InChI is InChI=1S/C21H18ClFN4O3S/c22-13-6-8-16(9-7-13)30-12-18(28)27-10-2-5-17(27)20-25-26-21(31-20)19(29)24-15-4-1-3-14(23)11-15/h1,3-4,6-9,11,17H,2,5,10,12H2,(H,24,29)/t17-/m1/s1. The van der Waals surface area contributed by atoms with Crippen molar-refractivity contribution in [1.29, 1.82) is 0 Å². The molecule has 2 aromatic carbocycles. The summed E-state index contributed by atoms with van der Waals surface area (Å²) >= 11 is 6.98. The Balaban J connectivity index is 1.39. The Morgan fingerprint density at radius 3 is 2.81 bits per heavy atom. The Morgan fingerprint density at radius 1 is 1.23 bits per heavy atom. The Morgan fingerprint density at radius 2 is 2.03 bits per heavy atom. The summed E-state index contributed by atoms with van der Waals surface area (Å²) in [6.07, 6.45) is 1.55. The van der Waals surface area contributed by atoms with E-state index in [-0.39, 0.29) is 23.6 Å². The highest BCUT2D eigenvalue weighted by atomic mass is 35.5. The maximum Gasteiger partial charge on any atom is 0.286 e. The van der Waals surface area contributed by atoms with Crippen molar-refractivity contribution in [1.82, 2.24) is 15.1 Å². The first-order valence-electron chi connectivity index (χ1n) is 9.58. The van der Waals surface area contributed by atoms with Gasteiger partial charge in [0.2, 0.25) is 5.01 Å². The van der Waals surface area contributed by atoms with Crippen LogP contribution in [0.5, 0.6) is 5.75 Å². The summed E-state index contributed by atoms with van der Waals surface area (Å²) in [5.41, 5.74) is 0.332. The van der Waals surface area contributed by atoms with Crippen LogP contribution in [0.1, 0.15) is 33.7 Å². The molecule has 1 aliphatic heterocycles. The number of aromatic nitrogens is 2. The molecular formula is C21H18ClFN4O3S. The molecule has 2 heterocycles. The van der Waals surface area contributed by atoms with Gasteiger partial charge in [-0.25, -0.2) is 4.39 Å². The van der Waals surface area contributed by atoms with E-state index in [0.717, 1.165) is 24.2 Å². The van der Waals surface area contributed by atoms with E-state index in [0.29, 0.717) is 28.0 Å². The lowest BCUT2D eigenvalue weighted by atomic mass is 10.2. The molecule has 0 radical (unpaired) electrons. The highest BCUT2D eigenvalue weighted by molar-refractivity contribution is 7.13. The van der Waals surface area contributed by atoms with Crippen LogP contribution >= 0.6 is 22.9 Å². The van der Waals surface area contributed by atoms with Crippen LogP contribution in [0.3, 0.4) is 0 Å². The minimum atomic E-state index is -0.476. The predicted octanol–water partition coefficient (Wildman–Crippen LogP) is 4.33. The van der Waals surface area contributed by atoms with Crippen molar-refractivity contribution >= 4 is 40.4 Å². The molecule has 0 spiro atoms. The lowest BCUT2D eigenvalue weighted by Gasteiger charge is -2.22. The number of carbonyl (C=O) groups is 2. The van der Waals surface area contributed by atoms with Crippen molar-refractivity contribution in [3.8, 4) is 5.75 Å². The van der Waals surface area contributed by atoms with Crippen LogP contribution in [0.15, 0.2) is 48.5 Å². The van der Waals surface area contributed by atoms with E-state index in [9.17, 15) is 14.0 Å². The fraction of sp³-hybridized carbons (Fsp3) is 0.238. The number of hydrogen-bond acceptors (Lipinski definition) is 6. The van der Waals surface area contributed by atoms with Gasteiger partial charge >= 0.3 is 0 Å². The Bertz CT molecular complexity index is 1090. The maximum absolute atomic E-state index is 13.3. The van der Waals surface area contributed by atoms with Gasteiger partial charge in [0.15, 0.2) is 6.61 Å². The van der Waals surface area contributed by atoms with Gasteiger partial charge in [0.25, 0.3) is 11.8 Å². The fourth-order valence-corrected chi connectivity index (χ4v) is 4.30. The first kappa shape index (κ1) is 21.2. The number of ether oxygens (including phenoxy) is 1. The minimum Gasteiger partial charge on any atom is -0.484 e. The number of rotatable bonds is 6. The van der Waals surface area contributed by atoms with Crippen LogP contribution in [0.2, 0.25) is 5.02 Å². The Kier molecular flexibility index (Phi) is 6.43. The fourth-order valence-electron chi connectivity index (χ4n) is 3.29. The van der Waals surface area contributed by atoms with E-state index in [4.69, 9.17) is 16.3 Å². The van der Waals surface area contributed by atoms with E-state index in [1.165, 1.54) is 18.2 Å². The van der Waals surface area contributed by atoms with Crippen molar-refractivity contribution in [3.05, 3.63) is 69.4 Å². The summed E-state index contributed by atoms with van der Waals surface area (Å²) in [5, 5.41) is 12.0. The number of halogens is 2. The zero-order valence-corrected chi connectivity index (χ0v) is 17.8. The van der Waals surface area contributed by atoms with Gasteiger partial charge in [-0.05, 0) is 55.3 Å². The maximum atomic E-state index is 13.3. The molecule has 10 heteroatoms. The van der Waals surface area contributed by atoms with E-state index in [2.05, 4.69) is 15.5 Å². The van der Waals surface area contributed by atoms with Gasteiger partial charge in [0.1, 0.15) is 16.6 Å². The molecular weight excluding hydrogens is 443 g/mol. The monoisotopic (exact) mass is 460 g/mol. The molecule has 1 aromatic heterocycles. The molecule has 0 aliphatic carbocycles. The van der Waals surface area contributed by atoms with E-state index < -0.39 is 11.7 Å². The second kappa shape index (κ2) is 9.40. The molecule has 0 bridgehead atoms. The average Bonchev–Trinajstić information content (AvgIpc) is 3.43. The summed E-state index contributed by atoms with van der Waals surface area (Å²) < 4.78 is 18.9. The number of nitrogens with zero attached hydrogens (tertiary/aromatic N) is 3. The van der Waals surface area contributed by atoms with Gasteiger partial charge in [-0.3, -0.25) is 9.59 Å². The zero-order chi connectivity index (χ0) is 21.8. The quantitative estimate of drug-likeness (QED) is 0.592. The first-order valence-corrected chi connectivity index (χ1v) is 10.8. The summed E-state index contributed by atoms with van der Waals surface area (Å²) in [7, 11) is 0. The van der Waals surface area contributed by atoms with Crippen molar-refractivity contribution in [3.63, 3.8) is 0 Å². The molecule has 3 aromatic rings. The minimum absolute atomic E-state index is 0.107. The SMILES string of the molecule is O=C(Nc1cccc(F)c1)c1nnc([C@H]2CCCN2C(=O)COc2ccc(Cl)cc2)s1. The molecule has 1 fully saturated rings. The number of nitrogens with one attached hydrogen (secondary N) is 1. The molecule has 7 nitrogen and oxygen atoms in total. The highest BCUT2D eigenvalue weighted by Gasteiger charge is 2.33. The topological polar surface area (TPSA) is 84.4 Å². The smallest absolute Gasteiger partial charge is 0.286 e. The molecule has 31 heavy (non-hydrogen) atoms. The van der Waals surface area contributed by atoms with Gasteiger partial charge in [0.05, 0.1) is 6.04 Å². The van der Waals surface area contributed by atoms with Gasteiger partial charge < -0.3 is 15.0 Å². The van der Waals surface area contributed by atoms with Crippen LogP contribution in [0.4, 0.5) is 10.1 Å². The van der Waals surface area contributed by atoms with Crippen molar-refractivity contribution < 1.29 is 18.7 Å². The van der Waals surface area contributed by atoms with Crippen molar-refractivity contribution in [2.24, 2.45) is 0 Å². The molecule has 0 saturated carbocycles. The summed E-state index contributed by atoms with van der Waals surface area (Å²) in [4.78, 5) is 26.8. The molecule has 1 atom stereocenters. The molecule has 1 N–H and O–H groups in total. The number of likely N-dealkylation sites (tertiary alicyclic amines) is 1. The van der Waals surface area contributed by atoms with Crippen LogP contribution in [-0.4, -0.2) is 40.1 Å². The molecule has 160 valence electrons. The van der Waals surface area contributed by atoms with Crippen LogP contribution in [0, 0.1) is 5.82 Å². The third-order valence-electron chi connectivity index (χ3n) is 4.75. The lowest BCUT2D eigenvalue weighted by molar-refractivity contribution is -0.134. The second-order valence-electron chi connectivity index (χ2n) is 6.90. The molecule has 2 amide bonds. The van der Waals surface area contributed by atoms with Gasteiger partial charge in [-0.1, -0.05) is 29.0 Å². The summed E-state index contributed by atoms with van der Waals surface area (Å²) in [5.74, 6) is -0.535. The predicted molar refractivity (Wildman–Crippen MR) is 115 cm³/mol. The normalized spacial score (nSPS) is 15.7. The number of hydrogen-bond donors (Lipinski definition) is 1. The van der Waals surface area contributed by atoms with E-state index >= 15 is 0 Å². The lowest BCUT2D eigenvalue weighted by Crippen LogP contribution is -2.34. The van der Waals surface area contributed by atoms with E-state index in [1.54, 1.807) is 35.2 Å². The van der Waals surface area contributed by atoms with E-state index in [1.807, 2.05) is 0 Å². The third kappa shape index (κ3) is 5.18. The Hall–Kier alpha value is -3.04. The van der Waals surface area contributed by atoms with Crippen LogP contribution in [-0.2, 0) is 4.79 Å². The number of benzene rings is 2. The zero-order valence-electron chi connectivity index (χ0n) is 16.3. The largest absolute Gasteiger partial charge is 0.484 e. The van der Waals surface area contributed by atoms with Crippen LogP contribution in [0.25, 0.3) is 0 Å². The van der Waals surface area contributed by atoms with Gasteiger partial charge in [0, 0.05) is 17.3 Å². The average molecular weight is 461 g/mol. The molecule has 0 unspecified atom stereocenters. The highest BCUT2D eigenvalue weighted by Crippen LogP contribution is 2.34. The summed E-state index contributed by atoms with van der Waals surface area (Å²) in [6, 6.07) is 12.1.